The van der Waals surface area contributed by atoms with Gasteiger partial charge in [0.15, 0.2) is 0 Å². The van der Waals surface area contributed by atoms with Crippen LogP contribution in [0.4, 0.5) is 0 Å². The minimum Gasteiger partial charge on any atom is -0.496 e. The monoisotopic (exact) mass is 222 g/mol. The standard InChI is InChI=1S/C13H18O3/c1-4-10(8-13(14)15)11-7-9(2)5-6-12(11)16-3/h5-7,10H,4,8H2,1-3H3,(H,14,15). The van der Waals surface area contributed by atoms with Gasteiger partial charge < -0.3 is 9.84 Å². The van der Waals surface area contributed by atoms with Gasteiger partial charge in [0.1, 0.15) is 5.75 Å². The third-order valence-electron chi connectivity index (χ3n) is 2.74. The molecule has 0 aliphatic carbocycles. The molecule has 0 aliphatic rings. The molecule has 1 unspecified atom stereocenters. The predicted octanol–water partition coefficient (Wildman–Crippen LogP) is 2.97. The number of methoxy groups -OCH3 is 1. The second-order valence-electron chi connectivity index (χ2n) is 3.95. The maximum atomic E-state index is 10.8. The highest BCUT2D eigenvalue weighted by Crippen LogP contribution is 2.32. The van der Waals surface area contributed by atoms with Crippen LogP contribution in [0.15, 0.2) is 18.2 Å². The average Bonchev–Trinajstić information content (AvgIpc) is 2.25. The number of rotatable bonds is 5. The van der Waals surface area contributed by atoms with Crippen molar-refractivity contribution in [3.63, 3.8) is 0 Å². The largest absolute Gasteiger partial charge is 0.496 e. The SMILES string of the molecule is CCC(CC(=O)O)c1cc(C)ccc1OC. The summed E-state index contributed by atoms with van der Waals surface area (Å²) in [5.41, 5.74) is 2.12. The van der Waals surface area contributed by atoms with E-state index in [1.54, 1.807) is 7.11 Å². The number of carboxylic acid groups (broad SMARTS) is 1. The first-order valence-corrected chi connectivity index (χ1v) is 5.44. The van der Waals surface area contributed by atoms with Gasteiger partial charge in [-0.2, -0.15) is 0 Å². The van der Waals surface area contributed by atoms with Gasteiger partial charge in [-0.05, 0) is 30.9 Å². The number of ether oxygens (including phenoxy) is 1. The van der Waals surface area contributed by atoms with Gasteiger partial charge in [0.05, 0.1) is 13.5 Å². The van der Waals surface area contributed by atoms with Crippen LogP contribution >= 0.6 is 0 Å². The van der Waals surface area contributed by atoms with Gasteiger partial charge in [0.25, 0.3) is 0 Å². The van der Waals surface area contributed by atoms with Crippen molar-refractivity contribution in [3.8, 4) is 5.75 Å². The maximum absolute atomic E-state index is 10.8. The molecule has 3 heteroatoms. The summed E-state index contributed by atoms with van der Waals surface area (Å²) in [6.07, 6.45) is 0.947. The molecule has 0 radical (unpaired) electrons. The molecule has 1 N–H and O–H groups in total. The number of hydrogen-bond donors (Lipinski definition) is 1. The van der Waals surface area contributed by atoms with Crippen molar-refractivity contribution in [1.82, 2.24) is 0 Å². The van der Waals surface area contributed by atoms with Crippen LogP contribution in [0.1, 0.15) is 36.8 Å². The molecule has 1 atom stereocenters. The first-order chi connectivity index (χ1) is 7.58. The molecule has 0 amide bonds. The third-order valence-corrected chi connectivity index (χ3v) is 2.74. The summed E-state index contributed by atoms with van der Waals surface area (Å²) in [6.45, 7) is 3.99. The highest BCUT2D eigenvalue weighted by Gasteiger charge is 2.17. The topological polar surface area (TPSA) is 46.5 Å². The van der Waals surface area contributed by atoms with Crippen LogP contribution < -0.4 is 4.74 Å². The molecule has 0 fully saturated rings. The van der Waals surface area contributed by atoms with Crippen LogP contribution in [0.25, 0.3) is 0 Å². The Labute approximate surface area is 96.1 Å². The second-order valence-corrected chi connectivity index (χ2v) is 3.95. The molecule has 0 aliphatic heterocycles. The van der Waals surface area contributed by atoms with Crippen LogP contribution in [-0.4, -0.2) is 18.2 Å². The van der Waals surface area contributed by atoms with E-state index >= 15 is 0 Å². The summed E-state index contributed by atoms with van der Waals surface area (Å²) in [6, 6.07) is 5.88. The van der Waals surface area contributed by atoms with E-state index in [0.29, 0.717) is 0 Å². The molecule has 3 nitrogen and oxygen atoms in total. The molecule has 0 saturated heterocycles. The number of carboxylic acids is 1. The number of benzene rings is 1. The molecule has 0 bridgehead atoms. The van der Waals surface area contributed by atoms with Crippen molar-refractivity contribution in [2.45, 2.75) is 32.6 Å². The van der Waals surface area contributed by atoms with E-state index in [9.17, 15) is 4.79 Å². The number of carbonyl (C=O) groups is 1. The van der Waals surface area contributed by atoms with E-state index in [4.69, 9.17) is 9.84 Å². The Bertz CT molecular complexity index is 371. The molecule has 0 spiro atoms. The van der Waals surface area contributed by atoms with E-state index in [1.807, 2.05) is 32.0 Å². The lowest BCUT2D eigenvalue weighted by atomic mass is 9.91. The molecule has 0 saturated carbocycles. The second kappa shape index (κ2) is 5.54. The molecule has 1 aromatic carbocycles. The molecule has 88 valence electrons. The Kier molecular flexibility index (Phi) is 4.35. The summed E-state index contributed by atoms with van der Waals surface area (Å²) in [7, 11) is 1.61. The van der Waals surface area contributed by atoms with E-state index in [0.717, 1.165) is 23.3 Å². The maximum Gasteiger partial charge on any atom is 0.303 e. The first kappa shape index (κ1) is 12.6. The van der Waals surface area contributed by atoms with Crippen molar-refractivity contribution in [2.75, 3.05) is 7.11 Å². The lowest BCUT2D eigenvalue weighted by Gasteiger charge is -2.17. The summed E-state index contributed by atoms with van der Waals surface area (Å²) < 4.78 is 5.27. The zero-order chi connectivity index (χ0) is 12.1. The fraction of sp³-hybridized carbons (Fsp3) is 0.462. The predicted molar refractivity (Wildman–Crippen MR) is 63.0 cm³/mol. The zero-order valence-corrected chi connectivity index (χ0v) is 9.99. The molecule has 0 heterocycles. The van der Waals surface area contributed by atoms with Crippen LogP contribution in [-0.2, 0) is 4.79 Å². The Balaban J connectivity index is 3.06. The average molecular weight is 222 g/mol. The summed E-state index contributed by atoms with van der Waals surface area (Å²) in [5, 5.41) is 8.87. The Morgan fingerprint density at radius 3 is 2.69 bits per heavy atom. The van der Waals surface area contributed by atoms with Crippen LogP contribution in [0.5, 0.6) is 5.75 Å². The minimum absolute atomic E-state index is 0.0207. The first-order valence-electron chi connectivity index (χ1n) is 5.44. The highest BCUT2D eigenvalue weighted by molar-refractivity contribution is 5.68. The lowest BCUT2D eigenvalue weighted by molar-refractivity contribution is -0.137. The Hall–Kier alpha value is -1.51. The van der Waals surface area contributed by atoms with Crippen LogP contribution in [0.3, 0.4) is 0 Å². The van der Waals surface area contributed by atoms with Gasteiger partial charge in [-0.15, -0.1) is 0 Å². The smallest absolute Gasteiger partial charge is 0.303 e. The number of aliphatic carboxylic acids is 1. The van der Waals surface area contributed by atoms with E-state index in [1.165, 1.54) is 0 Å². The minimum atomic E-state index is -0.768. The van der Waals surface area contributed by atoms with Gasteiger partial charge in [-0.25, -0.2) is 0 Å². The van der Waals surface area contributed by atoms with Crippen molar-refractivity contribution in [2.24, 2.45) is 0 Å². The lowest BCUT2D eigenvalue weighted by Crippen LogP contribution is -2.07. The van der Waals surface area contributed by atoms with Gasteiger partial charge in [0.2, 0.25) is 0 Å². The van der Waals surface area contributed by atoms with Gasteiger partial charge in [-0.1, -0.05) is 24.6 Å². The molecule has 1 rings (SSSR count). The number of hydrogen-bond acceptors (Lipinski definition) is 2. The fourth-order valence-electron chi connectivity index (χ4n) is 1.86. The molecular weight excluding hydrogens is 204 g/mol. The molecule has 0 aromatic heterocycles. The molecule has 16 heavy (non-hydrogen) atoms. The molecule has 1 aromatic rings. The summed E-state index contributed by atoms with van der Waals surface area (Å²) in [4.78, 5) is 10.8. The Morgan fingerprint density at radius 1 is 1.50 bits per heavy atom. The highest BCUT2D eigenvalue weighted by atomic mass is 16.5. The van der Waals surface area contributed by atoms with Crippen molar-refractivity contribution < 1.29 is 14.6 Å². The van der Waals surface area contributed by atoms with Gasteiger partial charge in [-0.3, -0.25) is 4.79 Å². The van der Waals surface area contributed by atoms with Crippen molar-refractivity contribution >= 4 is 5.97 Å². The van der Waals surface area contributed by atoms with E-state index in [-0.39, 0.29) is 12.3 Å². The van der Waals surface area contributed by atoms with Crippen LogP contribution in [0, 0.1) is 6.92 Å². The van der Waals surface area contributed by atoms with Gasteiger partial charge in [0, 0.05) is 0 Å². The van der Waals surface area contributed by atoms with E-state index < -0.39 is 5.97 Å². The third kappa shape index (κ3) is 2.99. The van der Waals surface area contributed by atoms with Gasteiger partial charge >= 0.3 is 5.97 Å². The van der Waals surface area contributed by atoms with Crippen LogP contribution in [0.2, 0.25) is 0 Å². The molecular formula is C13H18O3. The Morgan fingerprint density at radius 2 is 2.19 bits per heavy atom. The summed E-state index contributed by atoms with van der Waals surface area (Å²) in [5.74, 6) is 0.0291. The van der Waals surface area contributed by atoms with E-state index in [2.05, 4.69) is 0 Å². The fourth-order valence-corrected chi connectivity index (χ4v) is 1.86. The quantitative estimate of drug-likeness (QED) is 0.833. The normalized spacial score (nSPS) is 12.2. The summed E-state index contributed by atoms with van der Waals surface area (Å²) >= 11 is 0. The van der Waals surface area contributed by atoms with Crippen molar-refractivity contribution in [3.05, 3.63) is 29.3 Å². The van der Waals surface area contributed by atoms with Crippen molar-refractivity contribution in [1.29, 1.82) is 0 Å². The zero-order valence-electron chi connectivity index (χ0n) is 9.99. The number of aryl methyl sites for hydroxylation is 1.